The largest absolute Gasteiger partial charge is 0.375 e. The number of hydrogen-bond donors (Lipinski definition) is 1. The van der Waals surface area contributed by atoms with Gasteiger partial charge in [-0.3, -0.25) is 15.1 Å². The van der Waals surface area contributed by atoms with Crippen LogP contribution in [0.2, 0.25) is 0 Å². The van der Waals surface area contributed by atoms with E-state index in [-0.39, 0.29) is 11.7 Å². The van der Waals surface area contributed by atoms with E-state index >= 15 is 0 Å². The topological polar surface area (TPSA) is 68.1 Å². The Balaban J connectivity index is 2.99. The van der Waals surface area contributed by atoms with Gasteiger partial charge in [0, 0.05) is 18.0 Å². The zero-order chi connectivity index (χ0) is 12.8. The highest BCUT2D eigenvalue weighted by molar-refractivity contribution is 9.10. The SMILES string of the molecule is CCC(CSC)Nc1c(Br)cncc1[N+](=O)[O-]. The van der Waals surface area contributed by atoms with Gasteiger partial charge >= 0.3 is 5.69 Å². The van der Waals surface area contributed by atoms with E-state index in [1.54, 1.807) is 18.0 Å². The van der Waals surface area contributed by atoms with Crippen LogP contribution in [0.3, 0.4) is 0 Å². The molecule has 0 aliphatic carbocycles. The molecule has 0 spiro atoms. The molecule has 0 aliphatic rings. The first-order chi connectivity index (χ1) is 8.10. The molecule has 0 aliphatic heterocycles. The van der Waals surface area contributed by atoms with E-state index in [2.05, 4.69) is 33.2 Å². The third kappa shape index (κ3) is 3.85. The number of hydrogen-bond acceptors (Lipinski definition) is 5. The molecule has 5 nitrogen and oxygen atoms in total. The van der Waals surface area contributed by atoms with Crippen LogP contribution >= 0.6 is 27.7 Å². The fraction of sp³-hybridized carbons (Fsp3) is 0.500. The second-order valence-corrected chi connectivity index (χ2v) is 5.24. The molecule has 94 valence electrons. The number of halogens is 1. The summed E-state index contributed by atoms with van der Waals surface area (Å²) in [5.74, 6) is 0.905. The number of thioether (sulfide) groups is 1. The average molecular weight is 320 g/mol. The van der Waals surface area contributed by atoms with E-state index in [0.29, 0.717) is 10.2 Å². The molecule has 0 saturated carbocycles. The van der Waals surface area contributed by atoms with Crippen LogP contribution in [0, 0.1) is 10.1 Å². The van der Waals surface area contributed by atoms with Crippen LogP contribution in [0.25, 0.3) is 0 Å². The summed E-state index contributed by atoms with van der Waals surface area (Å²) in [4.78, 5) is 14.3. The molecule has 0 saturated heterocycles. The van der Waals surface area contributed by atoms with Crippen molar-refractivity contribution >= 4 is 39.1 Å². The van der Waals surface area contributed by atoms with Crippen molar-refractivity contribution in [1.82, 2.24) is 4.98 Å². The molecule has 0 fully saturated rings. The molecular formula is C10H14BrN3O2S. The number of nitrogens with one attached hydrogen (secondary N) is 1. The first-order valence-corrected chi connectivity index (χ1v) is 7.32. The molecule has 7 heteroatoms. The molecule has 0 bridgehead atoms. The molecule has 0 amide bonds. The van der Waals surface area contributed by atoms with Crippen molar-refractivity contribution in [2.45, 2.75) is 19.4 Å². The van der Waals surface area contributed by atoms with Crippen LogP contribution < -0.4 is 5.32 Å². The third-order valence-electron chi connectivity index (χ3n) is 2.29. The highest BCUT2D eigenvalue weighted by Gasteiger charge is 2.19. The molecule has 1 atom stereocenters. The Bertz CT molecular complexity index is 403. The van der Waals surface area contributed by atoms with Gasteiger partial charge in [-0.05, 0) is 28.6 Å². The van der Waals surface area contributed by atoms with E-state index in [0.717, 1.165) is 12.2 Å². The lowest BCUT2D eigenvalue weighted by Crippen LogP contribution is -2.22. The molecule has 1 unspecified atom stereocenters. The Morgan fingerprint density at radius 1 is 1.65 bits per heavy atom. The molecule has 0 radical (unpaired) electrons. The molecular weight excluding hydrogens is 306 g/mol. The van der Waals surface area contributed by atoms with Crippen LogP contribution in [0.4, 0.5) is 11.4 Å². The second-order valence-electron chi connectivity index (χ2n) is 3.48. The first-order valence-electron chi connectivity index (χ1n) is 5.13. The summed E-state index contributed by atoms with van der Waals surface area (Å²) in [5, 5.41) is 14.1. The third-order valence-corrected chi connectivity index (χ3v) is 3.62. The molecule has 1 N–H and O–H groups in total. The van der Waals surface area contributed by atoms with E-state index < -0.39 is 4.92 Å². The smallest absolute Gasteiger partial charge is 0.311 e. The summed E-state index contributed by atoms with van der Waals surface area (Å²) in [7, 11) is 0. The Morgan fingerprint density at radius 2 is 2.35 bits per heavy atom. The maximum atomic E-state index is 10.9. The fourth-order valence-electron chi connectivity index (χ4n) is 1.37. The summed E-state index contributed by atoms with van der Waals surface area (Å²) < 4.78 is 0.617. The van der Waals surface area contributed by atoms with Gasteiger partial charge in [-0.15, -0.1) is 0 Å². The minimum atomic E-state index is -0.425. The van der Waals surface area contributed by atoms with Crippen LogP contribution in [-0.4, -0.2) is 28.0 Å². The number of rotatable bonds is 6. The van der Waals surface area contributed by atoms with Gasteiger partial charge in [-0.1, -0.05) is 6.92 Å². The Labute approximate surface area is 113 Å². The van der Waals surface area contributed by atoms with Crippen molar-refractivity contribution in [2.75, 3.05) is 17.3 Å². The van der Waals surface area contributed by atoms with Gasteiger partial charge in [-0.25, -0.2) is 0 Å². The predicted octanol–water partition coefficient (Wildman–Crippen LogP) is 3.31. The molecule has 0 aromatic carbocycles. The highest BCUT2D eigenvalue weighted by Crippen LogP contribution is 2.32. The van der Waals surface area contributed by atoms with Crippen molar-refractivity contribution in [3.8, 4) is 0 Å². The summed E-state index contributed by atoms with van der Waals surface area (Å²) in [6.07, 6.45) is 5.74. The van der Waals surface area contributed by atoms with Crippen molar-refractivity contribution in [3.05, 3.63) is 27.0 Å². The van der Waals surface area contributed by atoms with E-state index in [1.807, 2.05) is 6.26 Å². The van der Waals surface area contributed by atoms with Crippen LogP contribution in [0.15, 0.2) is 16.9 Å². The molecule has 1 aromatic rings. The minimum Gasteiger partial charge on any atom is -0.375 e. The van der Waals surface area contributed by atoms with E-state index in [1.165, 1.54) is 6.20 Å². The average Bonchev–Trinajstić information content (AvgIpc) is 2.30. The number of nitrogens with zero attached hydrogens (tertiary/aromatic N) is 2. The Morgan fingerprint density at radius 3 is 2.88 bits per heavy atom. The maximum absolute atomic E-state index is 10.9. The summed E-state index contributed by atoms with van der Waals surface area (Å²) >= 11 is 5.00. The number of anilines is 1. The molecule has 1 heterocycles. The van der Waals surface area contributed by atoms with Gasteiger partial charge in [0.2, 0.25) is 0 Å². The highest BCUT2D eigenvalue weighted by atomic mass is 79.9. The van der Waals surface area contributed by atoms with E-state index in [9.17, 15) is 10.1 Å². The van der Waals surface area contributed by atoms with Gasteiger partial charge in [-0.2, -0.15) is 11.8 Å². The first kappa shape index (κ1) is 14.2. The van der Waals surface area contributed by atoms with Crippen molar-refractivity contribution < 1.29 is 4.92 Å². The van der Waals surface area contributed by atoms with Crippen LogP contribution in [-0.2, 0) is 0 Å². The van der Waals surface area contributed by atoms with Crippen LogP contribution in [0.5, 0.6) is 0 Å². The Kier molecular flexibility index (Phi) is 5.70. The number of aromatic nitrogens is 1. The summed E-state index contributed by atoms with van der Waals surface area (Å²) in [5.41, 5.74) is 0.504. The fourth-order valence-corrected chi connectivity index (χ4v) is 2.53. The van der Waals surface area contributed by atoms with Crippen LogP contribution in [0.1, 0.15) is 13.3 Å². The van der Waals surface area contributed by atoms with Crippen molar-refractivity contribution in [1.29, 1.82) is 0 Å². The zero-order valence-corrected chi connectivity index (χ0v) is 12.0. The molecule has 17 heavy (non-hydrogen) atoms. The number of pyridine rings is 1. The van der Waals surface area contributed by atoms with Gasteiger partial charge in [0.25, 0.3) is 0 Å². The second kappa shape index (κ2) is 6.80. The lowest BCUT2D eigenvalue weighted by atomic mass is 10.2. The quantitative estimate of drug-likeness (QED) is 0.643. The lowest BCUT2D eigenvalue weighted by Gasteiger charge is -2.17. The van der Waals surface area contributed by atoms with Crippen molar-refractivity contribution in [3.63, 3.8) is 0 Å². The summed E-state index contributed by atoms with van der Waals surface area (Å²) in [6, 6.07) is 0.211. The molecule has 1 rings (SSSR count). The standard InChI is InChI=1S/C10H14BrN3O2S/c1-3-7(6-17-2)13-10-8(11)4-12-5-9(10)14(15)16/h4-5,7H,3,6H2,1-2H3,(H,12,13). The van der Waals surface area contributed by atoms with Crippen molar-refractivity contribution in [2.24, 2.45) is 0 Å². The monoisotopic (exact) mass is 319 g/mol. The normalized spacial score (nSPS) is 12.2. The lowest BCUT2D eigenvalue weighted by molar-refractivity contribution is -0.384. The summed E-state index contributed by atoms with van der Waals surface area (Å²) in [6.45, 7) is 2.05. The Hall–Kier alpha value is -0.820. The number of nitro groups is 1. The minimum absolute atomic E-state index is 0.000993. The van der Waals surface area contributed by atoms with Gasteiger partial charge < -0.3 is 5.32 Å². The van der Waals surface area contributed by atoms with Gasteiger partial charge in [0.1, 0.15) is 11.9 Å². The zero-order valence-electron chi connectivity index (χ0n) is 9.64. The van der Waals surface area contributed by atoms with Gasteiger partial charge in [0.15, 0.2) is 0 Å². The predicted molar refractivity (Wildman–Crippen MR) is 74.7 cm³/mol. The maximum Gasteiger partial charge on any atom is 0.311 e. The molecule has 1 aromatic heterocycles. The van der Waals surface area contributed by atoms with E-state index in [4.69, 9.17) is 0 Å². The van der Waals surface area contributed by atoms with Gasteiger partial charge in [0.05, 0.1) is 9.40 Å².